The smallest absolute Gasteiger partial charge is 0.0648 e. The molecule has 1 aromatic rings. The third-order valence-electron chi connectivity index (χ3n) is 3.21. The molecule has 2 N–H and O–H groups in total. The number of nitrogens with two attached hydrogens (primary N) is 1. The minimum absolute atomic E-state index is 0.0558. The maximum absolute atomic E-state index is 5.84. The molecule has 0 saturated heterocycles. The zero-order valence-electron chi connectivity index (χ0n) is 11.7. The average Bonchev–Trinajstić information content (AvgIpc) is 2.27. The molecule has 0 unspecified atom stereocenters. The van der Waals surface area contributed by atoms with Crippen LogP contribution in [0.3, 0.4) is 0 Å². The van der Waals surface area contributed by atoms with Crippen LogP contribution in [0.15, 0.2) is 18.2 Å². The Labute approximate surface area is 110 Å². The van der Waals surface area contributed by atoms with E-state index >= 15 is 0 Å². The van der Waals surface area contributed by atoms with Gasteiger partial charge in [-0.1, -0.05) is 0 Å². The fourth-order valence-corrected chi connectivity index (χ4v) is 2.39. The molecule has 18 heavy (non-hydrogen) atoms. The summed E-state index contributed by atoms with van der Waals surface area (Å²) in [6.45, 7) is 9.12. The van der Waals surface area contributed by atoms with E-state index < -0.39 is 0 Å². The van der Waals surface area contributed by atoms with E-state index in [1.165, 1.54) is 17.7 Å². The van der Waals surface area contributed by atoms with Crippen LogP contribution in [-0.2, 0) is 11.2 Å². The molecule has 3 nitrogen and oxygen atoms in total. The number of hydrogen-bond donors (Lipinski definition) is 1. The van der Waals surface area contributed by atoms with Crippen LogP contribution in [-0.4, -0.2) is 25.3 Å². The number of aryl methyl sites for hydroxylation is 1. The highest BCUT2D eigenvalue weighted by molar-refractivity contribution is 5.61. The fraction of sp³-hybridized carbons (Fsp3) is 0.600. The van der Waals surface area contributed by atoms with Gasteiger partial charge in [0.05, 0.1) is 12.2 Å². The summed E-state index contributed by atoms with van der Waals surface area (Å²) in [6, 6.07) is 6.23. The van der Waals surface area contributed by atoms with Gasteiger partial charge >= 0.3 is 0 Å². The number of fused-ring (bicyclic) bond motifs is 1. The van der Waals surface area contributed by atoms with Crippen LogP contribution >= 0.6 is 0 Å². The lowest BCUT2D eigenvalue weighted by Crippen LogP contribution is -2.34. The van der Waals surface area contributed by atoms with Crippen LogP contribution in [0.2, 0.25) is 0 Å². The molecule has 3 heteroatoms. The highest BCUT2D eigenvalue weighted by Crippen LogP contribution is 2.28. The third-order valence-corrected chi connectivity index (χ3v) is 3.21. The highest BCUT2D eigenvalue weighted by Gasteiger charge is 2.17. The number of benzene rings is 1. The topological polar surface area (TPSA) is 38.5 Å². The Morgan fingerprint density at radius 1 is 1.33 bits per heavy atom. The molecule has 100 valence electrons. The van der Waals surface area contributed by atoms with Gasteiger partial charge in [-0.25, -0.2) is 0 Å². The van der Waals surface area contributed by atoms with Gasteiger partial charge in [-0.15, -0.1) is 0 Å². The molecule has 0 saturated carbocycles. The standard InChI is InChI=1S/C15H24N2O/c1-15(2,3)18-10-9-17-8-4-5-12-11-13(16)6-7-14(12)17/h6-7,11H,4-5,8-10,16H2,1-3H3. The minimum atomic E-state index is -0.0558. The van der Waals surface area contributed by atoms with Gasteiger partial charge in [-0.05, 0) is 57.4 Å². The van der Waals surface area contributed by atoms with Crippen molar-refractivity contribution >= 4 is 11.4 Å². The van der Waals surface area contributed by atoms with Crippen molar-refractivity contribution in [3.63, 3.8) is 0 Å². The molecule has 0 spiro atoms. The van der Waals surface area contributed by atoms with E-state index in [1.807, 2.05) is 6.07 Å². The van der Waals surface area contributed by atoms with E-state index in [2.05, 4.69) is 37.8 Å². The molecule has 0 fully saturated rings. The summed E-state index contributed by atoms with van der Waals surface area (Å²) in [5, 5.41) is 0. The number of nitrogens with zero attached hydrogens (tertiary/aromatic N) is 1. The summed E-state index contributed by atoms with van der Waals surface area (Å²) in [6.07, 6.45) is 2.34. The fourth-order valence-electron chi connectivity index (χ4n) is 2.39. The molecule has 1 heterocycles. The van der Waals surface area contributed by atoms with E-state index in [9.17, 15) is 0 Å². The Hall–Kier alpha value is -1.22. The predicted octanol–water partition coefficient (Wildman–Crippen LogP) is 2.84. The summed E-state index contributed by atoms with van der Waals surface area (Å²) in [4.78, 5) is 2.41. The second-order valence-electron chi connectivity index (χ2n) is 5.94. The molecule has 1 aliphatic heterocycles. The van der Waals surface area contributed by atoms with Crippen molar-refractivity contribution in [3.8, 4) is 0 Å². The molecule has 0 aliphatic carbocycles. The molecular weight excluding hydrogens is 224 g/mol. The van der Waals surface area contributed by atoms with E-state index in [0.717, 1.165) is 31.8 Å². The van der Waals surface area contributed by atoms with Crippen LogP contribution < -0.4 is 10.6 Å². The van der Waals surface area contributed by atoms with Gasteiger partial charge in [0.15, 0.2) is 0 Å². The van der Waals surface area contributed by atoms with Crippen molar-refractivity contribution in [3.05, 3.63) is 23.8 Å². The van der Waals surface area contributed by atoms with E-state index in [1.54, 1.807) is 0 Å². The number of ether oxygens (including phenoxy) is 1. The monoisotopic (exact) mass is 248 g/mol. The zero-order valence-corrected chi connectivity index (χ0v) is 11.7. The van der Waals surface area contributed by atoms with Crippen molar-refractivity contribution in [2.45, 2.75) is 39.2 Å². The molecule has 0 atom stereocenters. The van der Waals surface area contributed by atoms with Crippen LogP contribution in [0.5, 0.6) is 0 Å². The lowest BCUT2D eigenvalue weighted by Gasteiger charge is -2.32. The zero-order chi connectivity index (χ0) is 13.2. The third kappa shape index (κ3) is 3.39. The van der Waals surface area contributed by atoms with Crippen LogP contribution in [0.4, 0.5) is 11.4 Å². The van der Waals surface area contributed by atoms with Gasteiger partial charge in [-0.2, -0.15) is 0 Å². The molecule has 0 aromatic heterocycles. The SMILES string of the molecule is CC(C)(C)OCCN1CCCc2cc(N)ccc21. The molecule has 0 radical (unpaired) electrons. The first-order chi connectivity index (χ1) is 8.46. The quantitative estimate of drug-likeness (QED) is 0.836. The lowest BCUT2D eigenvalue weighted by molar-refractivity contribution is 0.00128. The average molecular weight is 248 g/mol. The molecule has 1 aliphatic rings. The first kappa shape index (κ1) is 13.2. The Morgan fingerprint density at radius 3 is 2.83 bits per heavy atom. The number of rotatable bonds is 3. The highest BCUT2D eigenvalue weighted by atomic mass is 16.5. The predicted molar refractivity (Wildman–Crippen MR) is 77.1 cm³/mol. The second-order valence-corrected chi connectivity index (χ2v) is 5.94. The van der Waals surface area contributed by atoms with E-state index in [4.69, 9.17) is 10.5 Å². The van der Waals surface area contributed by atoms with Gasteiger partial charge in [0.25, 0.3) is 0 Å². The molecular formula is C15H24N2O. The molecule has 2 rings (SSSR count). The largest absolute Gasteiger partial charge is 0.399 e. The van der Waals surface area contributed by atoms with Gasteiger partial charge < -0.3 is 15.4 Å². The number of hydrogen-bond acceptors (Lipinski definition) is 3. The Kier molecular flexibility index (Phi) is 3.81. The summed E-state index contributed by atoms with van der Waals surface area (Å²) in [7, 11) is 0. The summed E-state index contributed by atoms with van der Waals surface area (Å²) >= 11 is 0. The first-order valence-corrected chi connectivity index (χ1v) is 6.73. The van der Waals surface area contributed by atoms with Crippen LogP contribution in [0.25, 0.3) is 0 Å². The normalized spacial score (nSPS) is 15.6. The van der Waals surface area contributed by atoms with Crippen molar-refractivity contribution < 1.29 is 4.74 Å². The first-order valence-electron chi connectivity index (χ1n) is 6.73. The summed E-state index contributed by atoms with van der Waals surface area (Å²) in [5.74, 6) is 0. The van der Waals surface area contributed by atoms with Gasteiger partial charge in [0.2, 0.25) is 0 Å². The van der Waals surface area contributed by atoms with Crippen LogP contribution in [0, 0.1) is 0 Å². The van der Waals surface area contributed by atoms with Gasteiger partial charge in [-0.3, -0.25) is 0 Å². The Balaban J connectivity index is 2.00. The van der Waals surface area contributed by atoms with Crippen molar-refractivity contribution in [1.82, 2.24) is 0 Å². The summed E-state index contributed by atoms with van der Waals surface area (Å²) in [5.41, 5.74) is 9.35. The van der Waals surface area contributed by atoms with Gasteiger partial charge in [0.1, 0.15) is 0 Å². The van der Waals surface area contributed by atoms with E-state index in [0.29, 0.717) is 0 Å². The number of anilines is 2. The molecule has 1 aromatic carbocycles. The van der Waals surface area contributed by atoms with Crippen LogP contribution in [0.1, 0.15) is 32.8 Å². The van der Waals surface area contributed by atoms with Crippen molar-refractivity contribution in [2.75, 3.05) is 30.3 Å². The molecule has 0 amide bonds. The van der Waals surface area contributed by atoms with E-state index in [-0.39, 0.29) is 5.60 Å². The number of nitrogen functional groups attached to an aromatic ring is 1. The maximum atomic E-state index is 5.84. The van der Waals surface area contributed by atoms with Gasteiger partial charge in [0, 0.05) is 24.5 Å². The van der Waals surface area contributed by atoms with Crippen molar-refractivity contribution in [1.29, 1.82) is 0 Å². The Bertz CT molecular complexity index is 409. The lowest BCUT2D eigenvalue weighted by atomic mass is 10.0. The molecule has 0 bridgehead atoms. The Morgan fingerprint density at radius 2 is 2.11 bits per heavy atom. The minimum Gasteiger partial charge on any atom is -0.399 e. The maximum Gasteiger partial charge on any atom is 0.0648 e. The van der Waals surface area contributed by atoms with Crippen molar-refractivity contribution in [2.24, 2.45) is 0 Å². The summed E-state index contributed by atoms with van der Waals surface area (Å²) < 4.78 is 5.80. The second kappa shape index (κ2) is 5.19.